The summed E-state index contributed by atoms with van der Waals surface area (Å²) in [5.41, 5.74) is 7.66. The minimum atomic E-state index is -0.702. The molecule has 0 radical (unpaired) electrons. The van der Waals surface area contributed by atoms with Crippen LogP contribution in [-0.4, -0.2) is 36.4 Å². The van der Waals surface area contributed by atoms with Crippen molar-refractivity contribution in [3.63, 3.8) is 0 Å². The van der Waals surface area contributed by atoms with Gasteiger partial charge in [0.15, 0.2) is 6.10 Å². The van der Waals surface area contributed by atoms with E-state index in [0.29, 0.717) is 17.9 Å². The van der Waals surface area contributed by atoms with Crippen molar-refractivity contribution in [2.24, 2.45) is 5.73 Å². The van der Waals surface area contributed by atoms with Crippen molar-refractivity contribution >= 4 is 11.8 Å². The molecule has 0 fully saturated rings. The first kappa shape index (κ1) is 17.5. The molecule has 1 atom stereocenters. The molecular weight excluding hydrogens is 304 g/mol. The minimum Gasteiger partial charge on any atom is -0.481 e. The number of hydrogen-bond donors (Lipinski definition) is 1. The van der Waals surface area contributed by atoms with Gasteiger partial charge in [-0.05, 0) is 49.2 Å². The average Bonchev–Trinajstić information content (AvgIpc) is 2.60. The van der Waals surface area contributed by atoms with Crippen LogP contribution in [0.15, 0.2) is 48.5 Å². The Hall–Kier alpha value is -2.82. The van der Waals surface area contributed by atoms with E-state index in [1.54, 1.807) is 31.0 Å². The van der Waals surface area contributed by atoms with Crippen LogP contribution >= 0.6 is 0 Å². The smallest absolute Gasteiger partial charge is 0.258 e. The van der Waals surface area contributed by atoms with E-state index in [1.165, 1.54) is 0 Å². The Balaban J connectivity index is 2.29. The summed E-state index contributed by atoms with van der Waals surface area (Å²) in [6.45, 7) is 4.19. The molecule has 5 heteroatoms. The third-order valence-electron chi connectivity index (χ3n) is 3.81. The zero-order valence-electron chi connectivity index (χ0n) is 14.2. The van der Waals surface area contributed by atoms with Crippen LogP contribution in [0.4, 0.5) is 0 Å². The SMILES string of the molecule is CCN(C)C(=O)c1cccc(-c2cccc(OC(C)C(N)=O)c2)c1. The lowest BCUT2D eigenvalue weighted by Gasteiger charge is -2.15. The summed E-state index contributed by atoms with van der Waals surface area (Å²) in [6, 6.07) is 14.8. The molecule has 2 amide bonds. The minimum absolute atomic E-state index is 0.0193. The number of primary amides is 1. The van der Waals surface area contributed by atoms with Crippen molar-refractivity contribution in [2.75, 3.05) is 13.6 Å². The Labute approximate surface area is 142 Å². The lowest BCUT2D eigenvalue weighted by Crippen LogP contribution is -2.30. The van der Waals surface area contributed by atoms with E-state index in [1.807, 2.05) is 43.3 Å². The number of nitrogens with zero attached hydrogens (tertiary/aromatic N) is 1. The number of rotatable bonds is 6. The number of ether oxygens (including phenoxy) is 1. The van der Waals surface area contributed by atoms with Gasteiger partial charge >= 0.3 is 0 Å². The molecule has 1 unspecified atom stereocenters. The molecule has 0 heterocycles. The highest BCUT2D eigenvalue weighted by Crippen LogP contribution is 2.25. The predicted molar refractivity (Wildman–Crippen MR) is 93.8 cm³/mol. The summed E-state index contributed by atoms with van der Waals surface area (Å²) >= 11 is 0. The standard InChI is InChI=1S/C19H22N2O3/c1-4-21(3)19(23)16-9-5-7-14(11-16)15-8-6-10-17(12-15)24-13(2)18(20)22/h5-13H,4H2,1-3H3,(H2,20,22). The van der Waals surface area contributed by atoms with Crippen molar-refractivity contribution in [3.8, 4) is 16.9 Å². The molecule has 0 aromatic heterocycles. The van der Waals surface area contributed by atoms with E-state index in [4.69, 9.17) is 10.5 Å². The Morgan fingerprint density at radius 2 is 1.75 bits per heavy atom. The van der Waals surface area contributed by atoms with E-state index in [9.17, 15) is 9.59 Å². The van der Waals surface area contributed by atoms with E-state index in [0.717, 1.165) is 11.1 Å². The third-order valence-corrected chi connectivity index (χ3v) is 3.81. The highest BCUT2D eigenvalue weighted by atomic mass is 16.5. The number of amides is 2. The summed E-state index contributed by atoms with van der Waals surface area (Å²) in [4.78, 5) is 25.1. The highest BCUT2D eigenvalue weighted by Gasteiger charge is 2.12. The van der Waals surface area contributed by atoms with Crippen LogP contribution in [0.3, 0.4) is 0 Å². The van der Waals surface area contributed by atoms with Gasteiger partial charge in [-0.2, -0.15) is 0 Å². The molecule has 0 aliphatic heterocycles. The van der Waals surface area contributed by atoms with Gasteiger partial charge in [-0.25, -0.2) is 0 Å². The molecule has 2 aromatic rings. The molecular formula is C19H22N2O3. The van der Waals surface area contributed by atoms with E-state index < -0.39 is 12.0 Å². The number of benzene rings is 2. The first-order chi connectivity index (χ1) is 11.4. The van der Waals surface area contributed by atoms with Gasteiger partial charge in [0.1, 0.15) is 5.75 Å². The Morgan fingerprint density at radius 1 is 1.12 bits per heavy atom. The first-order valence-electron chi connectivity index (χ1n) is 7.84. The molecule has 0 aliphatic rings. The van der Waals surface area contributed by atoms with Gasteiger partial charge in [0.2, 0.25) is 0 Å². The molecule has 0 spiro atoms. The zero-order valence-corrected chi connectivity index (χ0v) is 14.2. The van der Waals surface area contributed by atoms with Crippen LogP contribution in [0.5, 0.6) is 5.75 Å². The summed E-state index contributed by atoms with van der Waals surface area (Å²) in [6.07, 6.45) is -0.702. The quantitative estimate of drug-likeness (QED) is 0.887. The van der Waals surface area contributed by atoms with Crippen LogP contribution in [0, 0.1) is 0 Å². The molecule has 2 N–H and O–H groups in total. The maximum absolute atomic E-state index is 12.3. The van der Waals surface area contributed by atoms with Crippen molar-refractivity contribution in [3.05, 3.63) is 54.1 Å². The molecule has 0 bridgehead atoms. The second-order valence-electron chi connectivity index (χ2n) is 5.59. The fraction of sp³-hybridized carbons (Fsp3) is 0.263. The normalized spacial score (nSPS) is 11.6. The molecule has 5 nitrogen and oxygen atoms in total. The van der Waals surface area contributed by atoms with Gasteiger partial charge in [-0.15, -0.1) is 0 Å². The molecule has 2 aromatic carbocycles. The lowest BCUT2D eigenvalue weighted by molar-refractivity contribution is -0.123. The van der Waals surface area contributed by atoms with Crippen LogP contribution in [-0.2, 0) is 4.79 Å². The van der Waals surface area contributed by atoms with Gasteiger partial charge in [0, 0.05) is 19.2 Å². The fourth-order valence-electron chi connectivity index (χ4n) is 2.21. The number of nitrogens with two attached hydrogens (primary N) is 1. The number of carbonyl (C=O) groups is 2. The molecule has 24 heavy (non-hydrogen) atoms. The monoisotopic (exact) mass is 326 g/mol. The number of carbonyl (C=O) groups excluding carboxylic acids is 2. The van der Waals surface area contributed by atoms with Crippen LogP contribution < -0.4 is 10.5 Å². The zero-order chi connectivity index (χ0) is 17.7. The van der Waals surface area contributed by atoms with Gasteiger partial charge < -0.3 is 15.4 Å². The maximum atomic E-state index is 12.3. The molecule has 126 valence electrons. The largest absolute Gasteiger partial charge is 0.481 e. The topological polar surface area (TPSA) is 72.6 Å². The summed E-state index contributed by atoms with van der Waals surface area (Å²) < 4.78 is 5.52. The Kier molecular flexibility index (Phi) is 5.58. The molecule has 0 saturated heterocycles. The number of hydrogen-bond acceptors (Lipinski definition) is 3. The second kappa shape index (κ2) is 7.64. The Morgan fingerprint density at radius 3 is 2.38 bits per heavy atom. The Bertz CT molecular complexity index is 743. The second-order valence-corrected chi connectivity index (χ2v) is 5.59. The maximum Gasteiger partial charge on any atom is 0.258 e. The van der Waals surface area contributed by atoms with E-state index in [-0.39, 0.29) is 5.91 Å². The van der Waals surface area contributed by atoms with Crippen LogP contribution in [0.1, 0.15) is 24.2 Å². The predicted octanol–water partition coefficient (Wildman–Crippen LogP) is 2.70. The van der Waals surface area contributed by atoms with E-state index in [2.05, 4.69) is 0 Å². The summed E-state index contributed by atoms with van der Waals surface area (Å²) in [5.74, 6) is 0.0194. The highest BCUT2D eigenvalue weighted by molar-refractivity contribution is 5.95. The molecule has 0 saturated carbocycles. The van der Waals surface area contributed by atoms with Gasteiger partial charge in [-0.1, -0.05) is 24.3 Å². The van der Waals surface area contributed by atoms with Crippen molar-refractivity contribution in [2.45, 2.75) is 20.0 Å². The fourth-order valence-corrected chi connectivity index (χ4v) is 2.21. The van der Waals surface area contributed by atoms with Crippen LogP contribution in [0.25, 0.3) is 11.1 Å². The summed E-state index contributed by atoms with van der Waals surface area (Å²) in [5, 5.41) is 0. The first-order valence-corrected chi connectivity index (χ1v) is 7.84. The summed E-state index contributed by atoms with van der Waals surface area (Å²) in [7, 11) is 1.77. The van der Waals surface area contributed by atoms with Crippen molar-refractivity contribution < 1.29 is 14.3 Å². The molecule has 0 aliphatic carbocycles. The average molecular weight is 326 g/mol. The lowest BCUT2D eigenvalue weighted by atomic mass is 10.0. The van der Waals surface area contributed by atoms with Crippen molar-refractivity contribution in [1.29, 1.82) is 0 Å². The van der Waals surface area contributed by atoms with Crippen molar-refractivity contribution in [1.82, 2.24) is 4.90 Å². The van der Waals surface area contributed by atoms with Gasteiger partial charge in [0.25, 0.3) is 11.8 Å². The van der Waals surface area contributed by atoms with Crippen LogP contribution in [0.2, 0.25) is 0 Å². The van der Waals surface area contributed by atoms with Gasteiger partial charge in [0.05, 0.1) is 0 Å². The van der Waals surface area contributed by atoms with E-state index >= 15 is 0 Å². The third kappa shape index (κ3) is 4.13. The van der Waals surface area contributed by atoms with Gasteiger partial charge in [-0.3, -0.25) is 9.59 Å². The molecule has 2 rings (SSSR count).